The first-order valence-electron chi connectivity index (χ1n) is 6.67. The van der Waals surface area contributed by atoms with Gasteiger partial charge in [0.2, 0.25) is 0 Å². The topological polar surface area (TPSA) is 22.1 Å². The van der Waals surface area contributed by atoms with E-state index in [2.05, 4.69) is 11.9 Å². The van der Waals surface area contributed by atoms with Crippen molar-refractivity contribution in [2.24, 2.45) is 5.41 Å². The van der Waals surface area contributed by atoms with Gasteiger partial charge in [-0.2, -0.15) is 0 Å². The van der Waals surface area contributed by atoms with Gasteiger partial charge in [0, 0.05) is 28.9 Å². The molecule has 0 saturated heterocycles. The predicted octanol–water partition coefficient (Wildman–Crippen LogP) is 4.05. The van der Waals surface area contributed by atoms with E-state index in [1.165, 1.54) is 31.2 Å². The monoisotopic (exact) mass is 267 g/mol. The maximum atomic E-state index is 6.21. The highest BCUT2D eigenvalue weighted by Crippen LogP contribution is 2.42. The molecule has 0 unspecified atom stereocenters. The second-order valence-corrected chi connectivity index (χ2v) is 5.83. The van der Waals surface area contributed by atoms with E-state index in [1.807, 2.05) is 13.1 Å². The molecule has 1 fully saturated rings. The van der Waals surface area contributed by atoms with Gasteiger partial charge in [0.15, 0.2) is 0 Å². The van der Waals surface area contributed by atoms with Crippen molar-refractivity contribution >= 4 is 11.6 Å². The first-order chi connectivity index (χ1) is 8.62. The molecule has 1 aliphatic rings. The maximum absolute atomic E-state index is 6.21. The number of alkyl halides is 1. The summed E-state index contributed by atoms with van der Waals surface area (Å²) in [7, 11) is 1.73. The second kappa shape index (κ2) is 5.48. The van der Waals surface area contributed by atoms with E-state index < -0.39 is 0 Å². The van der Waals surface area contributed by atoms with Crippen molar-refractivity contribution < 1.29 is 4.74 Å². The van der Waals surface area contributed by atoms with E-state index in [4.69, 9.17) is 16.3 Å². The standard InChI is InChI=1S/C15H22ClNO/c1-11-9-17-13(12(2)14(11)18-3)8-15(10-16)6-4-5-7-15/h9H,4-8,10H2,1-3H3. The van der Waals surface area contributed by atoms with E-state index in [0.29, 0.717) is 0 Å². The maximum Gasteiger partial charge on any atom is 0.128 e. The van der Waals surface area contributed by atoms with E-state index >= 15 is 0 Å². The van der Waals surface area contributed by atoms with E-state index in [-0.39, 0.29) is 5.41 Å². The second-order valence-electron chi connectivity index (χ2n) is 5.56. The first-order valence-corrected chi connectivity index (χ1v) is 7.20. The molecule has 2 nitrogen and oxygen atoms in total. The molecule has 3 heteroatoms. The lowest BCUT2D eigenvalue weighted by Gasteiger charge is -2.27. The van der Waals surface area contributed by atoms with Crippen LogP contribution >= 0.6 is 11.6 Å². The van der Waals surface area contributed by atoms with Gasteiger partial charge in [0.25, 0.3) is 0 Å². The molecular formula is C15H22ClNO. The minimum absolute atomic E-state index is 0.263. The van der Waals surface area contributed by atoms with Crippen LogP contribution < -0.4 is 4.74 Å². The Kier molecular flexibility index (Phi) is 4.16. The third-order valence-electron chi connectivity index (χ3n) is 4.24. The molecule has 2 rings (SSSR count). The number of rotatable bonds is 4. The van der Waals surface area contributed by atoms with Crippen LogP contribution in [0.3, 0.4) is 0 Å². The van der Waals surface area contributed by atoms with Gasteiger partial charge < -0.3 is 4.74 Å². The molecule has 0 aliphatic heterocycles. The van der Waals surface area contributed by atoms with Gasteiger partial charge in [-0.25, -0.2) is 0 Å². The number of aromatic nitrogens is 1. The molecule has 0 spiro atoms. The van der Waals surface area contributed by atoms with Crippen LogP contribution in [0.1, 0.15) is 42.5 Å². The van der Waals surface area contributed by atoms with Gasteiger partial charge in [-0.3, -0.25) is 4.98 Å². The number of hydrogen-bond acceptors (Lipinski definition) is 2. The van der Waals surface area contributed by atoms with Crippen molar-refractivity contribution in [2.45, 2.75) is 46.0 Å². The van der Waals surface area contributed by atoms with Crippen molar-refractivity contribution in [3.8, 4) is 5.75 Å². The lowest BCUT2D eigenvalue weighted by Crippen LogP contribution is -2.23. The highest BCUT2D eigenvalue weighted by molar-refractivity contribution is 6.18. The van der Waals surface area contributed by atoms with Crippen LogP contribution in [-0.4, -0.2) is 18.0 Å². The Balaban J connectivity index is 2.29. The molecule has 0 bridgehead atoms. The minimum atomic E-state index is 0.263. The highest BCUT2D eigenvalue weighted by Gasteiger charge is 2.34. The third-order valence-corrected chi connectivity index (χ3v) is 4.81. The summed E-state index contributed by atoms with van der Waals surface area (Å²) >= 11 is 6.21. The quantitative estimate of drug-likeness (QED) is 0.768. The summed E-state index contributed by atoms with van der Waals surface area (Å²) in [5.74, 6) is 1.72. The van der Waals surface area contributed by atoms with Crippen LogP contribution in [0, 0.1) is 19.3 Å². The Morgan fingerprint density at radius 1 is 1.33 bits per heavy atom. The summed E-state index contributed by atoms with van der Waals surface area (Å²) < 4.78 is 5.47. The number of hydrogen-bond donors (Lipinski definition) is 0. The van der Waals surface area contributed by atoms with Crippen molar-refractivity contribution in [1.82, 2.24) is 4.98 Å². The molecule has 0 atom stereocenters. The minimum Gasteiger partial charge on any atom is -0.496 e. The molecule has 18 heavy (non-hydrogen) atoms. The molecule has 0 radical (unpaired) electrons. The molecule has 0 aromatic carbocycles. The third kappa shape index (κ3) is 2.49. The zero-order chi connectivity index (χ0) is 13.2. The fourth-order valence-electron chi connectivity index (χ4n) is 3.09. The highest BCUT2D eigenvalue weighted by atomic mass is 35.5. The Hall–Kier alpha value is -0.760. The largest absolute Gasteiger partial charge is 0.496 e. The van der Waals surface area contributed by atoms with Crippen LogP contribution in [-0.2, 0) is 6.42 Å². The number of nitrogens with zero attached hydrogens (tertiary/aromatic N) is 1. The van der Waals surface area contributed by atoms with Crippen LogP contribution in [0.5, 0.6) is 5.75 Å². The van der Waals surface area contributed by atoms with Gasteiger partial charge in [-0.15, -0.1) is 11.6 Å². The first kappa shape index (κ1) is 13.7. The average Bonchev–Trinajstić information content (AvgIpc) is 2.83. The summed E-state index contributed by atoms with van der Waals surface area (Å²) in [6, 6.07) is 0. The van der Waals surface area contributed by atoms with Crippen LogP contribution in [0.2, 0.25) is 0 Å². The summed E-state index contributed by atoms with van der Waals surface area (Å²) in [5, 5.41) is 0. The number of ether oxygens (including phenoxy) is 1. The summed E-state index contributed by atoms with van der Waals surface area (Å²) in [6.07, 6.45) is 7.96. The summed E-state index contributed by atoms with van der Waals surface area (Å²) in [6.45, 7) is 4.14. The smallest absolute Gasteiger partial charge is 0.128 e. The van der Waals surface area contributed by atoms with Crippen molar-refractivity contribution in [3.63, 3.8) is 0 Å². The fraction of sp³-hybridized carbons (Fsp3) is 0.667. The van der Waals surface area contributed by atoms with E-state index in [1.54, 1.807) is 7.11 Å². The van der Waals surface area contributed by atoms with Crippen molar-refractivity contribution in [3.05, 3.63) is 23.0 Å². The van der Waals surface area contributed by atoms with Gasteiger partial charge in [0.05, 0.1) is 7.11 Å². The fourth-order valence-corrected chi connectivity index (χ4v) is 3.45. The lowest BCUT2D eigenvalue weighted by molar-refractivity contribution is 0.334. The molecule has 1 aliphatic carbocycles. The van der Waals surface area contributed by atoms with E-state index in [0.717, 1.165) is 29.3 Å². The average molecular weight is 268 g/mol. The molecule has 1 aromatic rings. The SMILES string of the molecule is COc1c(C)cnc(CC2(CCl)CCCC2)c1C. The van der Waals surface area contributed by atoms with Gasteiger partial charge >= 0.3 is 0 Å². The molecule has 100 valence electrons. The van der Waals surface area contributed by atoms with Crippen LogP contribution in [0.25, 0.3) is 0 Å². The Bertz CT molecular complexity index is 425. The summed E-state index contributed by atoms with van der Waals surface area (Å²) in [4.78, 5) is 4.60. The van der Waals surface area contributed by atoms with Crippen LogP contribution in [0.4, 0.5) is 0 Å². The normalized spacial score (nSPS) is 18.0. The predicted molar refractivity (Wildman–Crippen MR) is 75.6 cm³/mol. The Morgan fingerprint density at radius 2 is 2.00 bits per heavy atom. The number of pyridine rings is 1. The van der Waals surface area contributed by atoms with Crippen LogP contribution in [0.15, 0.2) is 6.20 Å². The number of methoxy groups -OCH3 is 1. The zero-order valence-electron chi connectivity index (χ0n) is 11.6. The van der Waals surface area contributed by atoms with Gasteiger partial charge in [-0.05, 0) is 38.5 Å². The lowest BCUT2D eigenvalue weighted by atomic mass is 9.82. The number of aryl methyl sites for hydroxylation is 1. The van der Waals surface area contributed by atoms with E-state index in [9.17, 15) is 0 Å². The molecule has 1 aromatic heterocycles. The van der Waals surface area contributed by atoms with Crippen molar-refractivity contribution in [1.29, 1.82) is 0 Å². The van der Waals surface area contributed by atoms with Gasteiger partial charge in [-0.1, -0.05) is 12.8 Å². The zero-order valence-corrected chi connectivity index (χ0v) is 12.3. The molecular weight excluding hydrogens is 246 g/mol. The molecule has 0 N–H and O–H groups in total. The summed E-state index contributed by atoms with van der Waals surface area (Å²) in [5.41, 5.74) is 3.69. The Morgan fingerprint density at radius 3 is 2.56 bits per heavy atom. The molecule has 0 amide bonds. The molecule has 1 heterocycles. The van der Waals surface area contributed by atoms with Crippen molar-refractivity contribution in [2.75, 3.05) is 13.0 Å². The molecule has 1 saturated carbocycles. The number of halogens is 1. The van der Waals surface area contributed by atoms with Gasteiger partial charge in [0.1, 0.15) is 5.75 Å². The Labute approximate surface area is 115 Å².